The number of methoxy groups -OCH3 is 1. The van der Waals surface area contributed by atoms with E-state index in [1.807, 2.05) is 0 Å². The predicted octanol–water partition coefficient (Wildman–Crippen LogP) is 2.65. The largest absolute Gasteiger partial charge is 0.478 e. The van der Waals surface area contributed by atoms with Crippen molar-refractivity contribution in [2.75, 3.05) is 19.5 Å². The van der Waals surface area contributed by atoms with Crippen LogP contribution in [-0.4, -0.2) is 30.5 Å². The molecule has 0 unspecified atom stereocenters. The van der Waals surface area contributed by atoms with Crippen molar-refractivity contribution in [2.45, 2.75) is 11.3 Å². The maximum Gasteiger partial charge on any atom is 0.336 e. The van der Waals surface area contributed by atoms with Crippen molar-refractivity contribution in [1.29, 1.82) is 0 Å². The zero-order chi connectivity index (χ0) is 12.0. The van der Waals surface area contributed by atoms with Crippen LogP contribution in [0.25, 0.3) is 0 Å². The van der Waals surface area contributed by atoms with Crippen LogP contribution in [0.5, 0.6) is 0 Å². The van der Waals surface area contributed by atoms with E-state index in [0.717, 1.165) is 6.42 Å². The zero-order valence-electron chi connectivity index (χ0n) is 8.90. The monoisotopic (exact) mass is 244 g/mol. The molecule has 1 aromatic carbocycles. The van der Waals surface area contributed by atoms with Crippen LogP contribution >= 0.6 is 11.8 Å². The molecular weight excluding hydrogens is 231 g/mol. The molecule has 0 fully saturated rings. The number of aromatic carboxylic acids is 1. The highest BCUT2D eigenvalue weighted by atomic mass is 32.2. The second-order valence-corrected chi connectivity index (χ2v) is 4.22. The molecule has 0 aliphatic heterocycles. The van der Waals surface area contributed by atoms with Gasteiger partial charge in [0, 0.05) is 19.5 Å². The normalized spacial score (nSPS) is 10.4. The molecule has 88 valence electrons. The Bertz CT molecular complexity index is 368. The van der Waals surface area contributed by atoms with Crippen molar-refractivity contribution in [1.82, 2.24) is 0 Å². The molecule has 0 atom stereocenters. The third kappa shape index (κ3) is 3.50. The van der Waals surface area contributed by atoms with E-state index in [0.29, 0.717) is 12.4 Å². The summed E-state index contributed by atoms with van der Waals surface area (Å²) in [6, 6.07) is 4.08. The van der Waals surface area contributed by atoms with E-state index >= 15 is 0 Å². The maximum absolute atomic E-state index is 13.4. The van der Waals surface area contributed by atoms with E-state index in [1.165, 1.54) is 30.0 Å². The summed E-state index contributed by atoms with van der Waals surface area (Å²) in [4.78, 5) is 11.1. The van der Waals surface area contributed by atoms with Crippen LogP contribution in [0.3, 0.4) is 0 Å². The number of ether oxygens (including phenoxy) is 1. The lowest BCUT2D eigenvalue weighted by atomic mass is 10.2. The summed E-state index contributed by atoms with van der Waals surface area (Å²) in [7, 11) is 1.59. The molecule has 1 rings (SSSR count). The molecule has 0 heterocycles. The van der Waals surface area contributed by atoms with Gasteiger partial charge in [-0.3, -0.25) is 0 Å². The van der Waals surface area contributed by atoms with Crippen molar-refractivity contribution in [3.63, 3.8) is 0 Å². The Morgan fingerprint density at radius 1 is 1.56 bits per heavy atom. The van der Waals surface area contributed by atoms with Crippen LogP contribution < -0.4 is 0 Å². The summed E-state index contributed by atoms with van der Waals surface area (Å²) in [5.41, 5.74) is 0.0161. The highest BCUT2D eigenvalue weighted by molar-refractivity contribution is 7.99. The van der Waals surface area contributed by atoms with Gasteiger partial charge in [0.2, 0.25) is 0 Å². The lowest BCUT2D eigenvalue weighted by Gasteiger charge is -2.06. The quantitative estimate of drug-likeness (QED) is 0.617. The number of hydrogen-bond acceptors (Lipinski definition) is 3. The van der Waals surface area contributed by atoms with Gasteiger partial charge in [-0.25, -0.2) is 9.18 Å². The van der Waals surface area contributed by atoms with Gasteiger partial charge in [0.15, 0.2) is 0 Å². The first-order valence-electron chi connectivity index (χ1n) is 4.80. The molecule has 1 aromatic rings. The minimum Gasteiger partial charge on any atom is -0.478 e. The Morgan fingerprint density at radius 2 is 2.31 bits per heavy atom. The molecule has 0 saturated carbocycles. The number of thioether (sulfide) groups is 1. The first kappa shape index (κ1) is 13.0. The lowest BCUT2D eigenvalue weighted by molar-refractivity contribution is 0.0692. The molecule has 16 heavy (non-hydrogen) atoms. The number of carbonyl (C=O) groups is 1. The molecule has 0 radical (unpaired) electrons. The highest BCUT2D eigenvalue weighted by Crippen LogP contribution is 2.26. The van der Waals surface area contributed by atoms with Crippen LogP contribution in [0, 0.1) is 5.82 Å². The van der Waals surface area contributed by atoms with Gasteiger partial charge in [0.1, 0.15) is 5.82 Å². The molecule has 0 aliphatic rings. The molecule has 0 amide bonds. The van der Waals surface area contributed by atoms with Gasteiger partial charge in [-0.1, -0.05) is 6.07 Å². The van der Waals surface area contributed by atoms with E-state index in [9.17, 15) is 9.18 Å². The van der Waals surface area contributed by atoms with Crippen molar-refractivity contribution in [2.24, 2.45) is 0 Å². The number of carboxylic acid groups (broad SMARTS) is 1. The smallest absolute Gasteiger partial charge is 0.336 e. The van der Waals surface area contributed by atoms with Crippen LogP contribution in [-0.2, 0) is 4.74 Å². The fourth-order valence-electron chi connectivity index (χ4n) is 1.20. The SMILES string of the molecule is COCCCSc1c(F)cccc1C(=O)O. The van der Waals surface area contributed by atoms with E-state index < -0.39 is 11.8 Å². The van der Waals surface area contributed by atoms with Crippen molar-refractivity contribution < 1.29 is 19.0 Å². The number of carboxylic acids is 1. The van der Waals surface area contributed by atoms with Gasteiger partial charge >= 0.3 is 5.97 Å². The minimum atomic E-state index is -1.10. The summed E-state index contributed by atoms with van der Waals surface area (Å²) in [5, 5.41) is 8.89. The lowest BCUT2D eigenvalue weighted by Crippen LogP contribution is -2.01. The summed E-state index contributed by atoms with van der Waals surface area (Å²) in [6.07, 6.45) is 0.758. The Kier molecular flexibility index (Phi) is 5.28. The first-order chi connectivity index (χ1) is 7.66. The van der Waals surface area contributed by atoms with Gasteiger partial charge in [0.25, 0.3) is 0 Å². The number of halogens is 1. The van der Waals surface area contributed by atoms with Crippen molar-refractivity contribution in [3.05, 3.63) is 29.6 Å². The third-order valence-corrected chi connectivity index (χ3v) is 3.13. The van der Waals surface area contributed by atoms with E-state index in [4.69, 9.17) is 9.84 Å². The van der Waals surface area contributed by atoms with Gasteiger partial charge in [0.05, 0.1) is 10.5 Å². The van der Waals surface area contributed by atoms with Crippen molar-refractivity contribution in [3.8, 4) is 0 Å². The summed E-state index contributed by atoms with van der Waals surface area (Å²) in [5.74, 6) is -0.953. The fraction of sp³-hybridized carbons (Fsp3) is 0.364. The molecule has 0 saturated heterocycles. The summed E-state index contributed by atoms with van der Waals surface area (Å²) in [6.45, 7) is 0.587. The first-order valence-corrected chi connectivity index (χ1v) is 5.79. The van der Waals surface area contributed by atoms with E-state index in [-0.39, 0.29) is 10.5 Å². The van der Waals surface area contributed by atoms with Gasteiger partial charge in [-0.05, 0) is 18.6 Å². The van der Waals surface area contributed by atoms with Gasteiger partial charge < -0.3 is 9.84 Å². The van der Waals surface area contributed by atoms with Crippen LogP contribution in [0.1, 0.15) is 16.8 Å². The van der Waals surface area contributed by atoms with E-state index in [1.54, 1.807) is 7.11 Å². The zero-order valence-corrected chi connectivity index (χ0v) is 9.72. The van der Waals surface area contributed by atoms with E-state index in [2.05, 4.69) is 0 Å². The summed E-state index contributed by atoms with van der Waals surface area (Å²) < 4.78 is 18.3. The number of rotatable bonds is 6. The highest BCUT2D eigenvalue weighted by Gasteiger charge is 2.14. The fourth-order valence-corrected chi connectivity index (χ4v) is 2.18. The number of benzene rings is 1. The maximum atomic E-state index is 13.4. The molecule has 0 aromatic heterocycles. The average molecular weight is 244 g/mol. The Balaban J connectivity index is 2.73. The molecule has 1 N–H and O–H groups in total. The second-order valence-electron chi connectivity index (χ2n) is 3.12. The van der Waals surface area contributed by atoms with Crippen LogP contribution in [0.4, 0.5) is 4.39 Å². The van der Waals surface area contributed by atoms with Crippen LogP contribution in [0.15, 0.2) is 23.1 Å². The Morgan fingerprint density at radius 3 is 2.94 bits per heavy atom. The van der Waals surface area contributed by atoms with Crippen LogP contribution in [0.2, 0.25) is 0 Å². The predicted molar refractivity (Wildman–Crippen MR) is 60.6 cm³/mol. The van der Waals surface area contributed by atoms with Gasteiger partial charge in [-0.2, -0.15) is 0 Å². The Labute approximate surface area is 97.6 Å². The standard InChI is InChI=1S/C11H13FO3S/c1-15-6-3-7-16-10-8(11(13)14)4-2-5-9(10)12/h2,4-5H,3,6-7H2,1H3,(H,13,14). The molecule has 0 spiro atoms. The average Bonchev–Trinajstić information content (AvgIpc) is 2.25. The minimum absolute atomic E-state index is 0.0161. The molecule has 3 nitrogen and oxygen atoms in total. The Hall–Kier alpha value is -1.07. The topological polar surface area (TPSA) is 46.5 Å². The third-order valence-electron chi connectivity index (χ3n) is 1.94. The number of hydrogen-bond donors (Lipinski definition) is 1. The molecule has 0 aliphatic carbocycles. The molecule has 5 heteroatoms. The molecule has 0 bridgehead atoms. The second kappa shape index (κ2) is 6.50. The van der Waals surface area contributed by atoms with Gasteiger partial charge in [-0.15, -0.1) is 11.8 Å². The summed E-state index contributed by atoms with van der Waals surface area (Å²) >= 11 is 1.21. The molecular formula is C11H13FO3S. The van der Waals surface area contributed by atoms with Crippen molar-refractivity contribution >= 4 is 17.7 Å².